The first-order valence-corrected chi connectivity index (χ1v) is 10.7. The minimum atomic E-state index is -4.39. The number of hydrogen-bond acceptors (Lipinski definition) is 5. The van der Waals surface area contributed by atoms with Crippen LogP contribution in [0, 0.1) is 5.41 Å². The minimum Gasteiger partial charge on any atom is -0.510 e. The first-order valence-electron chi connectivity index (χ1n) is 9.79. The van der Waals surface area contributed by atoms with E-state index in [4.69, 9.17) is 10.1 Å². The SMILES string of the molecule is COc1ccccc1CCN1CC(O)=C(c2nc(-c3ccc(C(F)(F)F)cc3)cs2)C1=N. The number of rotatable bonds is 6. The number of thiazole rings is 1. The van der Waals surface area contributed by atoms with E-state index < -0.39 is 11.7 Å². The Morgan fingerprint density at radius 1 is 1.16 bits per heavy atom. The van der Waals surface area contributed by atoms with Gasteiger partial charge in [-0.05, 0) is 30.2 Å². The number of methoxy groups -OCH3 is 1. The molecule has 0 bridgehead atoms. The molecule has 2 heterocycles. The van der Waals surface area contributed by atoms with Crippen LogP contribution in [0.4, 0.5) is 13.2 Å². The number of amidine groups is 1. The molecule has 166 valence electrons. The van der Waals surface area contributed by atoms with E-state index in [-0.39, 0.29) is 18.1 Å². The van der Waals surface area contributed by atoms with Crippen molar-refractivity contribution in [1.82, 2.24) is 9.88 Å². The molecule has 0 atom stereocenters. The standard InChI is InChI=1S/C23H20F3N3O2S/c1-31-19-5-3-2-4-15(19)10-11-29-12-18(30)20(21(29)27)22-28-17(13-32-22)14-6-8-16(9-7-14)23(24,25)26/h2-9,13,27,30H,10-12H2,1H3. The number of aliphatic hydroxyl groups excluding tert-OH is 1. The molecule has 9 heteroatoms. The average Bonchev–Trinajstić information content (AvgIpc) is 3.36. The lowest BCUT2D eigenvalue weighted by atomic mass is 10.1. The van der Waals surface area contributed by atoms with Crippen LogP contribution in [0.3, 0.4) is 0 Å². The molecule has 0 saturated carbocycles. The molecule has 0 unspecified atom stereocenters. The lowest BCUT2D eigenvalue weighted by molar-refractivity contribution is -0.137. The predicted molar refractivity (Wildman–Crippen MR) is 118 cm³/mol. The van der Waals surface area contributed by atoms with Crippen molar-refractivity contribution in [3.63, 3.8) is 0 Å². The first kappa shape index (κ1) is 21.9. The van der Waals surface area contributed by atoms with Gasteiger partial charge < -0.3 is 14.7 Å². The van der Waals surface area contributed by atoms with Gasteiger partial charge in [0.15, 0.2) is 0 Å². The number of benzene rings is 2. The Morgan fingerprint density at radius 2 is 1.88 bits per heavy atom. The van der Waals surface area contributed by atoms with E-state index in [0.717, 1.165) is 23.4 Å². The fraction of sp³-hybridized carbons (Fsp3) is 0.217. The van der Waals surface area contributed by atoms with Gasteiger partial charge in [-0.2, -0.15) is 13.2 Å². The summed E-state index contributed by atoms with van der Waals surface area (Å²) in [6.45, 7) is 0.725. The van der Waals surface area contributed by atoms with Crippen molar-refractivity contribution in [2.45, 2.75) is 12.6 Å². The third-order valence-corrected chi connectivity index (χ3v) is 6.11. The monoisotopic (exact) mass is 459 g/mol. The Kier molecular flexibility index (Phi) is 5.92. The van der Waals surface area contributed by atoms with E-state index in [1.807, 2.05) is 24.3 Å². The van der Waals surface area contributed by atoms with E-state index in [1.165, 1.54) is 23.5 Å². The summed E-state index contributed by atoms with van der Waals surface area (Å²) in [5.41, 5.74) is 1.68. The maximum atomic E-state index is 12.8. The number of ether oxygens (including phenoxy) is 1. The van der Waals surface area contributed by atoms with Gasteiger partial charge in [0.05, 0.1) is 30.5 Å². The molecular formula is C23H20F3N3O2S. The van der Waals surface area contributed by atoms with Crippen molar-refractivity contribution >= 4 is 22.7 Å². The van der Waals surface area contributed by atoms with Crippen LogP contribution in [0.15, 0.2) is 59.7 Å². The lowest BCUT2D eigenvalue weighted by Crippen LogP contribution is -2.28. The van der Waals surface area contributed by atoms with Crippen molar-refractivity contribution in [2.75, 3.05) is 20.2 Å². The number of hydrogen-bond donors (Lipinski definition) is 2. The third-order valence-electron chi connectivity index (χ3n) is 5.25. The summed E-state index contributed by atoms with van der Waals surface area (Å²) in [5.74, 6) is 1.01. The van der Waals surface area contributed by atoms with Crippen LogP contribution in [0.1, 0.15) is 16.1 Å². The Balaban J connectivity index is 1.48. The molecule has 2 N–H and O–H groups in total. The van der Waals surface area contributed by atoms with Gasteiger partial charge in [-0.1, -0.05) is 30.3 Å². The molecule has 0 fully saturated rings. The number of nitrogens with zero attached hydrogens (tertiary/aromatic N) is 2. The maximum Gasteiger partial charge on any atom is 0.416 e. The minimum absolute atomic E-state index is 0.0587. The van der Waals surface area contributed by atoms with Crippen molar-refractivity contribution in [2.24, 2.45) is 0 Å². The Morgan fingerprint density at radius 3 is 2.56 bits per heavy atom. The van der Waals surface area contributed by atoms with Gasteiger partial charge in [0, 0.05) is 17.5 Å². The summed E-state index contributed by atoms with van der Waals surface area (Å²) in [7, 11) is 1.61. The third kappa shape index (κ3) is 4.34. The number of para-hydroxylation sites is 1. The average molecular weight is 459 g/mol. The normalized spacial score (nSPS) is 14.4. The summed E-state index contributed by atoms with van der Waals surface area (Å²) in [6.07, 6.45) is -3.75. The number of nitrogens with one attached hydrogen (secondary N) is 1. The highest BCUT2D eigenvalue weighted by atomic mass is 32.1. The van der Waals surface area contributed by atoms with Gasteiger partial charge in [0.1, 0.15) is 22.4 Å². The lowest BCUT2D eigenvalue weighted by Gasteiger charge is -2.19. The molecular weight excluding hydrogens is 439 g/mol. The predicted octanol–water partition coefficient (Wildman–Crippen LogP) is 5.64. The van der Waals surface area contributed by atoms with Gasteiger partial charge in [-0.25, -0.2) is 4.98 Å². The number of alkyl halides is 3. The highest BCUT2D eigenvalue weighted by molar-refractivity contribution is 7.11. The molecule has 1 aliphatic heterocycles. The van der Waals surface area contributed by atoms with E-state index in [9.17, 15) is 18.3 Å². The van der Waals surface area contributed by atoms with Gasteiger partial charge in [-0.15, -0.1) is 11.3 Å². The summed E-state index contributed by atoms with van der Waals surface area (Å²) in [5, 5.41) is 21.2. The Bertz CT molecular complexity index is 1170. The zero-order chi connectivity index (χ0) is 22.9. The zero-order valence-corrected chi connectivity index (χ0v) is 17.9. The molecule has 0 aliphatic carbocycles. The molecule has 32 heavy (non-hydrogen) atoms. The fourth-order valence-electron chi connectivity index (χ4n) is 3.57. The first-order chi connectivity index (χ1) is 15.3. The van der Waals surface area contributed by atoms with Gasteiger partial charge in [0.2, 0.25) is 0 Å². The van der Waals surface area contributed by atoms with E-state index in [1.54, 1.807) is 17.4 Å². The van der Waals surface area contributed by atoms with Crippen molar-refractivity contribution in [1.29, 1.82) is 5.41 Å². The van der Waals surface area contributed by atoms with Crippen LogP contribution in [0.5, 0.6) is 5.75 Å². The molecule has 0 amide bonds. The molecule has 3 aromatic rings. The van der Waals surface area contributed by atoms with E-state index in [2.05, 4.69) is 4.98 Å². The molecule has 5 nitrogen and oxygen atoms in total. The molecule has 4 rings (SSSR count). The van der Waals surface area contributed by atoms with Crippen molar-refractivity contribution in [3.05, 3.63) is 75.8 Å². The van der Waals surface area contributed by atoms with E-state index in [0.29, 0.717) is 34.8 Å². The molecule has 2 aromatic carbocycles. The number of halogens is 3. The fourth-order valence-corrected chi connectivity index (χ4v) is 4.46. The summed E-state index contributed by atoms with van der Waals surface area (Å²) >= 11 is 1.24. The second-order valence-electron chi connectivity index (χ2n) is 7.27. The zero-order valence-electron chi connectivity index (χ0n) is 17.1. The highest BCUT2D eigenvalue weighted by Crippen LogP contribution is 2.34. The highest BCUT2D eigenvalue weighted by Gasteiger charge is 2.31. The van der Waals surface area contributed by atoms with Crippen LogP contribution >= 0.6 is 11.3 Å². The number of aliphatic hydroxyl groups is 1. The summed E-state index contributed by atoms with van der Waals surface area (Å²) < 4.78 is 43.7. The van der Waals surface area contributed by atoms with Crippen LogP contribution in [-0.2, 0) is 12.6 Å². The smallest absolute Gasteiger partial charge is 0.416 e. The molecule has 0 radical (unpaired) electrons. The van der Waals surface area contributed by atoms with Crippen molar-refractivity contribution < 1.29 is 23.0 Å². The van der Waals surface area contributed by atoms with Crippen LogP contribution in [-0.4, -0.2) is 41.0 Å². The summed E-state index contributed by atoms with van der Waals surface area (Å²) in [6, 6.07) is 12.4. The molecule has 0 spiro atoms. The maximum absolute atomic E-state index is 12.8. The quantitative estimate of drug-likeness (QED) is 0.500. The van der Waals surface area contributed by atoms with E-state index >= 15 is 0 Å². The molecule has 0 saturated heterocycles. The Labute approximate surface area is 186 Å². The second kappa shape index (κ2) is 8.66. The largest absolute Gasteiger partial charge is 0.510 e. The number of aromatic nitrogens is 1. The van der Waals surface area contributed by atoms with Crippen molar-refractivity contribution in [3.8, 4) is 17.0 Å². The van der Waals surface area contributed by atoms with Crippen LogP contribution in [0.2, 0.25) is 0 Å². The van der Waals surface area contributed by atoms with Crippen LogP contribution in [0.25, 0.3) is 16.8 Å². The van der Waals surface area contributed by atoms with Gasteiger partial charge in [-0.3, -0.25) is 5.41 Å². The van der Waals surface area contributed by atoms with Crippen LogP contribution < -0.4 is 4.74 Å². The molecule has 1 aliphatic rings. The summed E-state index contributed by atoms with van der Waals surface area (Å²) in [4.78, 5) is 6.23. The Hall–Kier alpha value is -3.33. The second-order valence-corrected chi connectivity index (χ2v) is 8.12. The topological polar surface area (TPSA) is 69.4 Å². The van der Waals surface area contributed by atoms with Gasteiger partial charge in [0.25, 0.3) is 0 Å². The van der Waals surface area contributed by atoms with Gasteiger partial charge >= 0.3 is 6.18 Å². The molecule has 1 aromatic heterocycles.